The van der Waals surface area contributed by atoms with Crippen LogP contribution in [0.15, 0.2) is 12.1 Å². The molecule has 0 amide bonds. The molecule has 4 heteroatoms. The molecule has 0 bridgehead atoms. The van der Waals surface area contributed by atoms with Crippen molar-refractivity contribution in [2.45, 2.75) is 0 Å². The van der Waals surface area contributed by atoms with Crippen LogP contribution in [0.5, 0.6) is 11.5 Å². The molecule has 0 saturated carbocycles. The van der Waals surface area contributed by atoms with Crippen LogP contribution in [0.1, 0.15) is 0 Å². The summed E-state index contributed by atoms with van der Waals surface area (Å²) in [4.78, 5) is 0. The molecule has 0 unspecified atom stereocenters. The first kappa shape index (κ1) is 7.65. The normalized spacial score (nSPS) is 9.64. The van der Waals surface area contributed by atoms with E-state index in [0.29, 0.717) is 0 Å². The number of anilines is 1. The Balaban J connectivity index is 3.29. The summed E-state index contributed by atoms with van der Waals surface area (Å²) in [5.41, 5.74) is 5.16. The lowest BCUT2D eigenvalue weighted by Gasteiger charge is -2.05. The number of methoxy groups -OCH3 is 1. The second-order valence-electron chi connectivity index (χ2n) is 2.02. The maximum Gasteiger partial charge on any atom is 0.198 e. The fraction of sp³-hybridized carbons (Fsp3) is 0.143. The van der Waals surface area contributed by atoms with Crippen LogP contribution in [0.25, 0.3) is 0 Å². The third-order valence-corrected chi connectivity index (χ3v) is 1.31. The largest absolute Gasteiger partial charge is 0.504 e. The molecule has 0 atom stereocenters. The molecule has 1 aromatic carbocycles. The summed E-state index contributed by atoms with van der Waals surface area (Å²) in [6.07, 6.45) is 0. The van der Waals surface area contributed by atoms with Gasteiger partial charge in [0.1, 0.15) is 0 Å². The lowest BCUT2D eigenvalue weighted by atomic mass is 10.2. The van der Waals surface area contributed by atoms with Crippen molar-refractivity contribution in [2.24, 2.45) is 0 Å². The zero-order chi connectivity index (χ0) is 8.43. The number of benzene rings is 1. The van der Waals surface area contributed by atoms with Gasteiger partial charge >= 0.3 is 0 Å². The average molecular weight is 157 g/mol. The zero-order valence-electron chi connectivity index (χ0n) is 5.97. The van der Waals surface area contributed by atoms with Gasteiger partial charge in [-0.1, -0.05) is 0 Å². The number of nitrogen functional groups attached to an aromatic ring is 1. The minimum Gasteiger partial charge on any atom is -0.504 e. The van der Waals surface area contributed by atoms with E-state index < -0.39 is 5.82 Å². The second kappa shape index (κ2) is 2.65. The van der Waals surface area contributed by atoms with Gasteiger partial charge in [0.25, 0.3) is 0 Å². The maximum absolute atomic E-state index is 12.9. The smallest absolute Gasteiger partial charge is 0.198 e. The van der Waals surface area contributed by atoms with Gasteiger partial charge in [0.2, 0.25) is 0 Å². The highest BCUT2D eigenvalue weighted by atomic mass is 19.1. The third kappa shape index (κ3) is 1.19. The van der Waals surface area contributed by atoms with E-state index in [4.69, 9.17) is 10.8 Å². The minimum atomic E-state index is -0.729. The van der Waals surface area contributed by atoms with Crippen LogP contribution >= 0.6 is 0 Å². The Hall–Kier alpha value is -1.45. The molecular formula is C7H8FNO2. The number of phenolic OH excluding ortho intramolecular Hbond substituents is 1. The Morgan fingerprint density at radius 1 is 1.55 bits per heavy atom. The van der Waals surface area contributed by atoms with Crippen LogP contribution in [-0.2, 0) is 0 Å². The molecule has 0 aliphatic heterocycles. The maximum atomic E-state index is 12.9. The van der Waals surface area contributed by atoms with Crippen molar-refractivity contribution in [3.8, 4) is 11.5 Å². The van der Waals surface area contributed by atoms with E-state index in [9.17, 15) is 4.39 Å². The van der Waals surface area contributed by atoms with Crippen molar-refractivity contribution in [1.29, 1.82) is 0 Å². The Morgan fingerprint density at radius 3 is 2.64 bits per heavy atom. The molecule has 0 spiro atoms. The molecule has 0 radical (unpaired) electrons. The lowest BCUT2D eigenvalue weighted by molar-refractivity contribution is 0.352. The molecule has 3 N–H and O–H groups in total. The molecule has 60 valence electrons. The first-order valence-corrected chi connectivity index (χ1v) is 2.97. The summed E-state index contributed by atoms with van der Waals surface area (Å²) in [6, 6.07) is 2.55. The molecule has 0 aliphatic rings. The third-order valence-electron chi connectivity index (χ3n) is 1.31. The van der Waals surface area contributed by atoms with Gasteiger partial charge in [-0.05, 0) is 12.1 Å². The molecular weight excluding hydrogens is 149 g/mol. The fourth-order valence-electron chi connectivity index (χ4n) is 0.755. The SMILES string of the molecule is COc1c(O)ccc(N)c1F. The van der Waals surface area contributed by atoms with Crippen molar-refractivity contribution >= 4 is 5.69 Å². The number of hydrogen-bond donors (Lipinski definition) is 2. The second-order valence-corrected chi connectivity index (χ2v) is 2.02. The van der Waals surface area contributed by atoms with E-state index in [-0.39, 0.29) is 17.2 Å². The summed E-state index contributed by atoms with van der Waals surface area (Å²) in [7, 11) is 1.26. The van der Waals surface area contributed by atoms with Crippen molar-refractivity contribution in [3.05, 3.63) is 17.9 Å². The molecule has 0 aliphatic carbocycles. The van der Waals surface area contributed by atoms with Crippen LogP contribution in [-0.4, -0.2) is 12.2 Å². The Kier molecular flexibility index (Phi) is 1.85. The van der Waals surface area contributed by atoms with Crippen molar-refractivity contribution in [2.75, 3.05) is 12.8 Å². The summed E-state index contributed by atoms with van der Waals surface area (Å²) in [5, 5.41) is 9.00. The number of halogens is 1. The van der Waals surface area contributed by atoms with Crippen LogP contribution in [0.2, 0.25) is 0 Å². The summed E-state index contributed by atoms with van der Waals surface area (Å²) in [5.74, 6) is -1.20. The highest BCUT2D eigenvalue weighted by Crippen LogP contribution is 2.31. The van der Waals surface area contributed by atoms with Gasteiger partial charge in [0, 0.05) is 0 Å². The molecule has 11 heavy (non-hydrogen) atoms. The van der Waals surface area contributed by atoms with Crippen LogP contribution in [0.4, 0.5) is 10.1 Å². The number of aromatic hydroxyl groups is 1. The van der Waals surface area contributed by atoms with E-state index in [0.717, 1.165) is 0 Å². The molecule has 3 nitrogen and oxygen atoms in total. The van der Waals surface area contributed by atoms with Crippen LogP contribution in [0, 0.1) is 5.82 Å². The van der Waals surface area contributed by atoms with Gasteiger partial charge in [-0.3, -0.25) is 0 Å². The predicted molar refractivity (Wildman–Crippen MR) is 39.0 cm³/mol. The van der Waals surface area contributed by atoms with E-state index in [1.165, 1.54) is 19.2 Å². The van der Waals surface area contributed by atoms with Gasteiger partial charge in [-0.15, -0.1) is 0 Å². The van der Waals surface area contributed by atoms with Crippen molar-refractivity contribution in [1.82, 2.24) is 0 Å². The standard InChI is InChI=1S/C7H8FNO2/c1-11-7-5(10)3-2-4(9)6(7)8/h2-3,10H,9H2,1H3. The lowest BCUT2D eigenvalue weighted by Crippen LogP contribution is -1.94. The first-order valence-electron chi connectivity index (χ1n) is 2.97. The van der Waals surface area contributed by atoms with Crippen LogP contribution in [0.3, 0.4) is 0 Å². The molecule has 1 rings (SSSR count). The van der Waals surface area contributed by atoms with Gasteiger partial charge < -0.3 is 15.6 Å². The average Bonchev–Trinajstić information content (AvgIpc) is 1.99. The summed E-state index contributed by atoms with van der Waals surface area (Å²) < 4.78 is 17.4. The molecule has 0 aromatic heterocycles. The number of ether oxygens (including phenoxy) is 1. The predicted octanol–water partition coefficient (Wildman–Crippen LogP) is 1.12. The van der Waals surface area contributed by atoms with Crippen molar-refractivity contribution < 1.29 is 14.2 Å². The van der Waals surface area contributed by atoms with Gasteiger partial charge in [0.15, 0.2) is 17.3 Å². The Bertz CT molecular complexity index is 275. The number of rotatable bonds is 1. The van der Waals surface area contributed by atoms with E-state index >= 15 is 0 Å². The number of hydrogen-bond acceptors (Lipinski definition) is 3. The highest BCUT2D eigenvalue weighted by Gasteiger charge is 2.10. The summed E-state index contributed by atoms with van der Waals surface area (Å²) in [6.45, 7) is 0. The van der Waals surface area contributed by atoms with Gasteiger partial charge in [-0.25, -0.2) is 4.39 Å². The molecule has 0 saturated heterocycles. The topological polar surface area (TPSA) is 55.5 Å². The Morgan fingerprint density at radius 2 is 2.18 bits per heavy atom. The van der Waals surface area contributed by atoms with Gasteiger partial charge in [0.05, 0.1) is 12.8 Å². The van der Waals surface area contributed by atoms with E-state index in [2.05, 4.69) is 4.74 Å². The minimum absolute atomic E-state index is 0.0420. The number of phenols is 1. The van der Waals surface area contributed by atoms with Crippen LogP contribution < -0.4 is 10.5 Å². The number of nitrogens with two attached hydrogens (primary N) is 1. The Labute approximate surface area is 63.2 Å². The monoisotopic (exact) mass is 157 g/mol. The molecule has 1 aromatic rings. The molecule has 0 fully saturated rings. The quantitative estimate of drug-likeness (QED) is 0.474. The molecule has 0 heterocycles. The first-order chi connectivity index (χ1) is 5.16. The van der Waals surface area contributed by atoms with E-state index in [1.807, 2.05) is 0 Å². The zero-order valence-corrected chi connectivity index (χ0v) is 5.97. The summed E-state index contributed by atoms with van der Waals surface area (Å²) >= 11 is 0. The van der Waals surface area contributed by atoms with E-state index in [1.54, 1.807) is 0 Å². The van der Waals surface area contributed by atoms with Crippen molar-refractivity contribution in [3.63, 3.8) is 0 Å². The highest BCUT2D eigenvalue weighted by molar-refractivity contribution is 5.53. The van der Waals surface area contributed by atoms with Gasteiger partial charge in [-0.2, -0.15) is 0 Å². The fourth-order valence-corrected chi connectivity index (χ4v) is 0.755.